The monoisotopic (exact) mass is 267 g/mol. The summed E-state index contributed by atoms with van der Waals surface area (Å²) >= 11 is 0. The summed E-state index contributed by atoms with van der Waals surface area (Å²) < 4.78 is 22.2. The second-order valence-corrected chi connectivity index (χ2v) is 7.56. The van der Waals surface area contributed by atoms with Crippen LogP contribution in [-0.4, -0.2) is 20.4 Å². The average molecular weight is 267 g/mol. The second-order valence-electron chi connectivity index (χ2n) is 5.30. The summed E-state index contributed by atoms with van der Waals surface area (Å²) in [5.74, 6) is 0.694. The summed E-state index contributed by atoms with van der Waals surface area (Å²) in [7, 11) is -2.84. The highest BCUT2D eigenvalue weighted by molar-refractivity contribution is 7.90. The first-order chi connectivity index (χ1) is 8.47. The molecule has 1 aliphatic rings. The fourth-order valence-electron chi connectivity index (χ4n) is 2.79. The molecule has 100 valence electrons. The van der Waals surface area contributed by atoms with Crippen LogP contribution in [-0.2, 0) is 16.3 Å². The number of fused-ring (bicyclic) bond motifs is 1. The van der Waals surface area contributed by atoms with Crippen LogP contribution in [0.5, 0.6) is 0 Å². The minimum atomic E-state index is -2.84. The van der Waals surface area contributed by atoms with Crippen LogP contribution in [0.4, 0.5) is 0 Å². The number of hydrogen-bond acceptors (Lipinski definition) is 3. The highest BCUT2D eigenvalue weighted by atomic mass is 32.2. The molecule has 0 saturated carbocycles. The lowest BCUT2D eigenvalue weighted by molar-refractivity contribution is 0.352. The first-order valence-electron chi connectivity index (χ1n) is 6.48. The van der Waals surface area contributed by atoms with Crippen molar-refractivity contribution in [3.05, 3.63) is 35.4 Å². The van der Waals surface area contributed by atoms with Crippen molar-refractivity contribution in [3.63, 3.8) is 0 Å². The van der Waals surface area contributed by atoms with Crippen molar-refractivity contribution in [3.8, 4) is 0 Å². The summed E-state index contributed by atoms with van der Waals surface area (Å²) in [6.07, 6.45) is 5.06. The van der Waals surface area contributed by atoms with Gasteiger partial charge in [-0.1, -0.05) is 24.3 Å². The molecule has 1 aliphatic carbocycles. The van der Waals surface area contributed by atoms with Gasteiger partial charge in [0.15, 0.2) is 0 Å². The van der Waals surface area contributed by atoms with Crippen molar-refractivity contribution in [2.45, 2.75) is 31.7 Å². The molecule has 2 rings (SSSR count). The highest BCUT2D eigenvalue weighted by Gasteiger charge is 2.26. The molecule has 4 heteroatoms. The van der Waals surface area contributed by atoms with Gasteiger partial charge in [-0.3, -0.25) is 0 Å². The zero-order valence-electron chi connectivity index (χ0n) is 10.8. The molecule has 0 radical (unpaired) electrons. The quantitative estimate of drug-likeness (QED) is 0.908. The molecule has 0 bridgehead atoms. The molecule has 3 nitrogen and oxygen atoms in total. The van der Waals surface area contributed by atoms with Gasteiger partial charge < -0.3 is 5.73 Å². The van der Waals surface area contributed by atoms with Crippen molar-refractivity contribution in [1.82, 2.24) is 0 Å². The van der Waals surface area contributed by atoms with Crippen LogP contribution in [0.2, 0.25) is 0 Å². The smallest absolute Gasteiger partial charge is 0.147 e. The number of sulfone groups is 1. The number of hydrogen-bond donors (Lipinski definition) is 1. The van der Waals surface area contributed by atoms with E-state index >= 15 is 0 Å². The number of aryl methyl sites for hydroxylation is 1. The summed E-state index contributed by atoms with van der Waals surface area (Å²) in [5, 5.41) is 0. The molecule has 0 saturated heterocycles. The zero-order valence-corrected chi connectivity index (χ0v) is 11.6. The van der Waals surface area contributed by atoms with Gasteiger partial charge in [0, 0.05) is 18.1 Å². The molecule has 2 N–H and O–H groups in total. The van der Waals surface area contributed by atoms with Crippen LogP contribution in [0.15, 0.2) is 24.3 Å². The lowest BCUT2D eigenvalue weighted by Crippen LogP contribution is -2.27. The van der Waals surface area contributed by atoms with Crippen LogP contribution in [0.25, 0.3) is 0 Å². The van der Waals surface area contributed by atoms with Gasteiger partial charge in [0.25, 0.3) is 0 Å². The zero-order chi connectivity index (χ0) is 13.2. The van der Waals surface area contributed by atoms with E-state index in [0.717, 1.165) is 25.7 Å². The first-order valence-corrected chi connectivity index (χ1v) is 8.54. The van der Waals surface area contributed by atoms with Crippen LogP contribution in [0.3, 0.4) is 0 Å². The molecule has 2 atom stereocenters. The van der Waals surface area contributed by atoms with Gasteiger partial charge in [0.05, 0.1) is 0 Å². The molecule has 0 amide bonds. The average Bonchev–Trinajstić information content (AvgIpc) is 2.31. The molecule has 0 spiro atoms. The Bertz CT molecular complexity index is 510. The third kappa shape index (κ3) is 3.33. The minimum absolute atomic E-state index is 0.0644. The van der Waals surface area contributed by atoms with Gasteiger partial charge in [0.2, 0.25) is 0 Å². The Labute approximate surface area is 109 Å². The lowest BCUT2D eigenvalue weighted by Gasteiger charge is -2.31. The maximum absolute atomic E-state index is 11.1. The van der Waals surface area contributed by atoms with Gasteiger partial charge in [-0.25, -0.2) is 8.42 Å². The fraction of sp³-hybridized carbons (Fsp3) is 0.571. The Balaban J connectivity index is 1.97. The Hall–Kier alpha value is -0.870. The van der Waals surface area contributed by atoms with Gasteiger partial charge in [0.1, 0.15) is 9.84 Å². The van der Waals surface area contributed by atoms with Crippen LogP contribution in [0, 0.1) is 5.92 Å². The topological polar surface area (TPSA) is 60.2 Å². The van der Waals surface area contributed by atoms with E-state index in [1.54, 1.807) is 0 Å². The predicted octanol–water partition coefficient (Wildman–Crippen LogP) is 2.07. The van der Waals surface area contributed by atoms with E-state index in [9.17, 15) is 8.42 Å². The fourth-order valence-corrected chi connectivity index (χ4v) is 3.48. The van der Waals surface area contributed by atoms with Crippen molar-refractivity contribution in [1.29, 1.82) is 0 Å². The van der Waals surface area contributed by atoms with E-state index in [2.05, 4.69) is 18.2 Å². The molecule has 1 aromatic carbocycles. The molecular weight excluding hydrogens is 246 g/mol. The standard InChI is InChI=1S/C14H21NO2S/c1-18(16,17)10-4-6-12-9-8-11-5-2-3-7-13(11)14(12)15/h2-3,5,7,12,14H,4,6,8-10,15H2,1H3. The molecule has 0 heterocycles. The number of nitrogens with two attached hydrogens (primary N) is 1. The molecular formula is C14H21NO2S. The van der Waals surface area contributed by atoms with Crippen molar-refractivity contribution in [2.24, 2.45) is 11.7 Å². The van der Waals surface area contributed by atoms with E-state index in [1.807, 2.05) is 6.07 Å². The van der Waals surface area contributed by atoms with Gasteiger partial charge in [-0.15, -0.1) is 0 Å². The van der Waals surface area contributed by atoms with Crippen LogP contribution >= 0.6 is 0 Å². The summed E-state index contributed by atoms with van der Waals surface area (Å²) in [5.41, 5.74) is 8.89. The molecule has 0 aliphatic heterocycles. The van der Waals surface area contributed by atoms with Gasteiger partial charge in [-0.2, -0.15) is 0 Å². The third-order valence-electron chi connectivity index (χ3n) is 3.80. The molecule has 1 aromatic rings. The number of rotatable bonds is 4. The van der Waals surface area contributed by atoms with Gasteiger partial charge >= 0.3 is 0 Å². The highest BCUT2D eigenvalue weighted by Crippen LogP contribution is 2.35. The van der Waals surface area contributed by atoms with Crippen molar-refractivity contribution < 1.29 is 8.42 Å². The van der Waals surface area contributed by atoms with E-state index in [-0.39, 0.29) is 11.8 Å². The van der Waals surface area contributed by atoms with E-state index in [1.165, 1.54) is 17.4 Å². The molecule has 0 aromatic heterocycles. The Morgan fingerprint density at radius 3 is 2.78 bits per heavy atom. The SMILES string of the molecule is CS(=O)(=O)CCCC1CCc2ccccc2C1N. The first kappa shape index (κ1) is 13.6. The minimum Gasteiger partial charge on any atom is -0.324 e. The molecule has 0 fully saturated rings. The van der Waals surface area contributed by atoms with Crippen LogP contribution < -0.4 is 5.73 Å². The van der Waals surface area contributed by atoms with Crippen molar-refractivity contribution >= 4 is 9.84 Å². The van der Waals surface area contributed by atoms with E-state index < -0.39 is 9.84 Å². The maximum Gasteiger partial charge on any atom is 0.147 e. The Kier molecular flexibility index (Phi) is 4.07. The molecule has 18 heavy (non-hydrogen) atoms. The lowest BCUT2D eigenvalue weighted by atomic mass is 9.78. The summed E-state index contributed by atoms with van der Waals surface area (Å²) in [4.78, 5) is 0. The third-order valence-corrected chi connectivity index (χ3v) is 4.83. The maximum atomic E-state index is 11.1. The molecule has 2 unspecified atom stereocenters. The van der Waals surface area contributed by atoms with Crippen molar-refractivity contribution in [2.75, 3.05) is 12.0 Å². The summed E-state index contributed by atoms with van der Waals surface area (Å²) in [6.45, 7) is 0. The Morgan fingerprint density at radius 2 is 2.06 bits per heavy atom. The predicted molar refractivity (Wildman–Crippen MR) is 74.1 cm³/mol. The second kappa shape index (κ2) is 5.41. The number of benzene rings is 1. The Morgan fingerprint density at radius 1 is 1.33 bits per heavy atom. The largest absolute Gasteiger partial charge is 0.324 e. The van der Waals surface area contributed by atoms with E-state index in [4.69, 9.17) is 5.73 Å². The van der Waals surface area contributed by atoms with E-state index in [0.29, 0.717) is 5.92 Å². The normalized spacial score (nSPS) is 23.7. The van der Waals surface area contributed by atoms with Gasteiger partial charge in [-0.05, 0) is 42.7 Å². The van der Waals surface area contributed by atoms with Crippen LogP contribution in [0.1, 0.15) is 36.4 Å². The summed E-state index contributed by atoms with van der Waals surface area (Å²) in [6, 6.07) is 8.38.